The lowest BCUT2D eigenvalue weighted by Gasteiger charge is -2.27. The predicted octanol–water partition coefficient (Wildman–Crippen LogP) is 2.35. The first-order valence-corrected chi connectivity index (χ1v) is 8.94. The molecule has 0 saturated heterocycles. The Balaban J connectivity index is 1.85. The van der Waals surface area contributed by atoms with Gasteiger partial charge >= 0.3 is 5.97 Å². The fourth-order valence-electron chi connectivity index (χ4n) is 1.98. The van der Waals surface area contributed by atoms with Crippen LogP contribution in [0, 0.1) is 17.2 Å². The van der Waals surface area contributed by atoms with E-state index in [9.17, 15) is 14.9 Å². The normalized spacial score (nSPS) is 12.9. The molecule has 0 aliphatic carbocycles. The van der Waals surface area contributed by atoms with E-state index in [-0.39, 0.29) is 12.3 Å². The number of thiazole rings is 1. The van der Waals surface area contributed by atoms with Crippen molar-refractivity contribution in [1.82, 2.24) is 15.3 Å². The van der Waals surface area contributed by atoms with Gasteiger partial charge in [-0.25, -0.2) is 4.98 Å². The summed E-state index contributed by atoms with van der Waals surface area (Å²) < 4.78 is 4.98. The molecule has 0 unspecified atom stereocenters. The zero-order valence-electron chi connectivity index (χ0n) is 14.9. The van der Waals surface area contributed by atoms with E-state index < -0.39 is 24.0 Å². The second kappa shape index (κ2) is 8.54. The van der Waals surface area contributed by atoms with E-state index in [2.05, 4.69) is 21.4 Å². The van der Waals surface area contributed by atoms with Crippen LogP contribution in [0.5, 0.6) is 0 Å². The first-order valence-electron chi connectivity index (χ1n) is 8.06. The van der Waals surface area contributed by atoms with E-state index in [1.54, 1.807) is 24.7 Å². The Labute approximate surface area is 156 Å². The van der Waals surface area contributed by atoms with Gasteiger partial charge in [0.2, 0.25) is 0 Å². The van der Waals surface area contributed by atoms with Crippen LogP contribution in [0.15, 0.2) is 29.9 Å². The molecule has 1 amide bonds. The van der Waals surface area contributed by atoms with E-state index in [0.29, 0.717) is 5.69 Å². The summed E-state index contributed by atoms with van der Waals surface area (Å²) in [5.41, 5.74) is 0.445. The van der Waals surface area contributed by atoms with E-state index in [1.165, 1.54) is 11.3 Å². The highest BCUT2D eigenvalue weighted by Gasteiger charge is 2.30. The smallest absolute Gasteiger partial charge is 0.312 e. The topological polar surface area (TPSA) is 105 Å². The number of rotatable bonds is 7. The van der Waals surface area contributed by atoms with Gasteiger partial charge in [0.25, 0.3) is 5.91 Å². The summed E-state index contributed by atoms with van der Waals surface area (Å²) in [6.07, 6.45) is 3.35. The average molecular weight is 372 g/mol. The molecule has 2 heterocycles. The van der Waals surface area contributed by atoms with Gasteiger partial charge in [0, 0.05) is 23.3 Å². The van der Waals surface area contributed by atoms with Crippen molar-refractivity contribution in [3.05, 3.63) is 35.6 Å². The lowest BCUT2D eigenvalue weighted by atomic mass is 9.90. The van der Waals surface area contributed by atoms with E-state index in [1.807, 2.05) is 26.0 Å². The van der Waals surface area contributed by atoms with Gasteiger partial charge in [-0.3, -0.25) is 14.6 Å². The lowest BCUT2D eigenvalue weighted by molar-refractivity contribution is -0.148. The number of hydrogen-bond acceptors (Lipinski definition) is 7. The standard InChI is InChI=1S/C18H20N4O3S/c1-12(2)18(3,11-19)22-15(23)9-25-16(24)7-14-10-26-17(21-14)13-5-4-6-20-8-13/h4-6,8,10,12H,7,9H2,1-3H3,(H,22,23)/t18-/m0/s1. The second-order valence-electron chi connectivity index (χ2n) is 6.24. The summed E-state index contributed by atoms with van der Waals surface area (Å²) in [5, 5.41) is 14.3. The number of ether oxygens (including phenoxy) is 1. The molecule has 2 rings (SSSR count). The molecule has 2 aromatic heterocycles. The van der Waals surface area contributed by atoms with Gasteiger partial charge in [0.1, 0.15) is 10.5 Å². The Hall–Kier alpha value is -2.79. The van der Waals surface area contributed by atoms with Gasteiger partial charge in [0.15, 0.2) is 6.61 Å². The first-order chi connectivity index (χ1) is 12.3. The fraction of sp³-hybridized carbons (Fsp3) is 0.389. The van der Waals surface area contributed by atoms with E-state index in [0.717, 1.165) is 10.6 Å². The monoisotopic (exact) mass is 372 g/mol. The highest BCUT2D eigenvalue weighted by molar-refractivity contribution is 7.13. The van der Waals surface area contributed by atoms with Crippen LogP contribution in [-0.2, 0) is 20.7 Å². The molecule has 1 atom stereocenters. The minimum absolute atomic E-state index is 0.0241. The van der Waals surface area contributed by atoms with E-state index in [4.69, 9.17) is 4.74 Å². The van der Waals surface area contributed by atoms with Crippen LogP contribution in [0.2, 0.25) is 0 Å². The van der Waals surface area contributed by atoms with Gasteiger partial charge in [-0.1, -0.05) is 13.8 Å². The molecule has 0 bridgehead atoms. The molecule has 0 aliphatic heterocycles. The number of hydrogen-bond donors (Lipinski definition) is 1. The molecule has 2 aromatic rings. The van der Waals surface area contributed by atoms with Crippen molar-refractivity contribution in [2.24, 2.45) is 5.92 Å². The molecule has 136 valence electrons. The van der Waals surface area contributed by atoms with Crippen LogP contribution in [0.25, 0.3) is 10.6 Å². The maximum atomic E-state index is 11.9. The number of carbonyl (C=O) groups is 2. The second-order valence-corrected chi connectivity index (χ2v) is 7.10. The number of carbonyl (C=O) groups excluding carboxylic acids is 2. The minimum atomic E-state index is -1.00. The molecular formula is C18H20N4O3S. The number of nitriles is 1. The molecule has 26 heavy (non-hydrogen) atoms. The summed E-state index contributed by atoms with van der Waals surface area (Å²) in [5.74, 6) is -1.13. The molecule has 7 nitrogen and oxygen atoms in total. The number of esters is 1. The van der Waals surface area contributed by atoms with Gasteiger partial charge in [-0.2, -0.15) is 5.26 Å². The molecule has 1 N–H and O–H groups in total. The fourth-order valence-corrected chi connectivity index (χ4v) is 2.79. The Kier molecular flexibility index (Phi) is 6.41. The Bertz CT molecular complexity index is 813. The van der Waals surface area contributed by atoms with Crippen LogP contribution in [-0.4, -0.2) is 34.0 Å². The average Bonchev–Trinajstić information content (AvgIpc) is 3.09. The molecule has 0 radical (unpaired) electrons. The summed E-state index contributed by atoms with van der Waals surface area (Å²) >= 11 is 1.41. The highest BCUT2D eigenvalue weighted by atomic mass is 32.1. The third-order valence-corrected chi connectivity index (χ3v) is 4.88. The minimum Gasteiger partial charge on any atom is -0.455 e. The zero-order valence-corrected chi connectivity index (χ0v) is 15.7. The van der Waals surface area contributed by atoms with Gasteiger partial charge in [0.05, 0.1) is 18.2 Å². The van der Waals surface area contributed by atoms with Gasteiger partial charge < -0.3 is 10.1 Å². The van der Waals surface area contributed by atoms with Crippen molar-refractivity contribution < 1.29 is 14.3 Å². The summed E-state index contributed by atoms with van der Waals surface area (Å²) in [4.78, 5) is 32.2. The zero-order chi connectivity index (χ0) is 19.2. The molecule has 0 saturated carbocycles. The number of pyridine rings is 1. The molecule has 0 fully saturated rings. The van der Waals surface area contributed by atoms with Gasteiger partial charge in [-0.05, 0) is 25.0 Å². The number of nitrogens with zero attached hydrogens (tertiary/aromatic N) is 3. The van der Waals surface area contributed by atoms with Crippen LogP contribution < -0.4 is 5.32 Å². The van der Waals surface area contributed by atoms with Crippen LogP contribution in [0.4, 0.5) is 0 Å². The lowest BCUT2D eigenvalue weighted by Crippen LogP contribution is -2.50. The quantitative estimate of drug-likeness (QED) is 0.748. The van der Waals surface area contributed by atoms with Crippen LogP contribution in [0.3, 0.4) is 0 Å². The third-order valence-electron chi connectivity index (χ3n) is 3.94. The van der Waals surface area contributed by atoms with E-state index >= 15 is 0 Å². The van der Waals surface area contributed by atoms with Crippen molar-refractivity contribution in [2.45, 2.75) is 32.7 Å². The Morgan fingerprint density at radius 2 is 2.23 bits per heavy atom. The van der Waals surface area contributed by atoms with Crippen LogP contribution in [0.1, 0.15) is 26.5 Å². The Morgan fingerprint density at radius 3 is 2.85 bits per heavy atom. The summed E-state index contributed by atoms with van der Waals surface area (Å²) in [7, 11) is 0. The summed E-state index contributed by atoms with van der Waals surface area (Å²) in [6, 6.07) is 5.77. The number of aromatic nitrogens is 2. The van der Waals surface area contributed by atoms with Crippen molar-refractivity contribution in [3.8, 4) is 16.6 Å². The largest absolute Gasteiger partial charge is 0.455 e. The Morgan fingerprint density at radius 1 is 1.46 bits per heavy atom. The molecular weight excluding hydrogens is 352 g/mol. The van der Waals surface area contributed by atoms with Crippen molar-refractivity contribution in [2.75, 3.05) is 6.61 Å². The maximum Gasteiger partial charge on any atom is 0.312 e. The first kappa shape index (κ1) is 19.5. The number of nitrogens with one attached hydrogen (secondary N) is 1. The van der Waals surface area contributed by atoms with Crippen molar-refractivity contribution >= 4 is 23.2 Å². The van der Waals surface area contributed by atoms with Crippen molar-refractivity contribution in [1.29, 1.82) is 5.26 Å². The summed E-state index contributed by atoms with van der Waals surface area (Å²) in [6.45, 7) is 4.87. The van der Waals surface area contributed by atoms with Crippen molar-refractivity contribution in [3.63, 3.8) is 0 Å². The maximum absolute atomic E-state index is 11.9. The molecule has 0 aromatic carbocycles. The predicted molar refractivity (Wildman–Crippen MR) is 97.0 cm³/mol. The van der Waals surface area contributed by atoms with Gasteiger partial charge in [-0.15, -0.1) is 11.3 Å². The number of amides is 1. The molecule has 8 heteroatoms. The molecule has 0 aliphatic rings. The highest BCUT2D eigenvalue weighted by Crippen LogP contribution is 2.22. The molecule has 0 spiro atoms. The third kappa shape index (κ3) is 5.10. The SMILES string of the molecule is CC(C)[C@](C)(C#N)NC(=O)COC(=O)Cc1csc(-c2cccnc2)n1. The van der Waals surface area contributed by atoms with Crippen LogP contribution >= 0.6 is 11.3 Å².